The summed E-state index contributed by atoms with van der Waals surface area (Å²) >= 11 is 0. The molecule has 4 saturated carbocycles. The van der Waals surface area contributed by atoms with Gasteiger partial charge in [0.1, 0.15) is 17.9 Å². The van der Waals surface area contributed by atoms with Gasteiger partial charge in [-0.2, -0.15) is 0 Å². The molecule has 192 valence electrons. The summed E-state index contributed by atoms with van der Waals surface area (Å²) in [7, 11) is 0. The van der Waals surface area contributed by atoms with Crippen molar-refractivity contribution in [1.82, 2.24) is 5.32 Å². The van der Waals surface area contributed by atoms with Gasteiger partial charge in [-0.15, -0.1) is 0 Å². The Morgan fingerprint density at radius 2 is 1.65 bits per heavy atom. The van der Waals surface area contributed by atoms with E-state index in [0.29, 0.717) is 23.0 Å². The number of hydrogen-bond acceptors (Lipinski definition) is 5. The van der Waals surface area contributed by atoms with Crippen molar-refractivity contribution in [2.24, 2.45) is 52.1 Å². The van der Waals surface area contributed by atoms with Gasteiger partial charge in [0.15, 0.2) is 0 Å². The summed E-state index contributed by atoms with van der Waals surface area (Å²) in [5.74, 6) is 2.67. The molecule has 1 amide bonds. The number of carbonyl (C=O) groups is 3. The van der Waals surface area contributed by atoms with Gasteiger partial charge in [-0.05, 0) is 105 Å². The Morgan fingerprint density at radius 1 is 0.971 bits per heavy atom. The molecule has 0 aromatic rings. The second-order valence-corrected chi connectivity index (χ2v) is 12.8. The Morgan fingerprint density at radius 3 is 2.29 bits per heavy atom. The molecule has 4 rings (SSSR count). The zero-order valence-electron chi connectivity index (χ0n) is 21.9. The van der Waals surface area contributed by atoms with E-state index in [0.717, 1.165) is 37.5 Å². The SMILES string of the molecule is CC(=O)[C@H]1CC[C@H]2[C@@H]3CC[C@H]4C[C@H](OC(=O)[C@H](NC(=O)CN)C(C)C)CC[C@]4(C)[C@H]3CC[C@]12C. The first-order valence-electron chi connectivity index (χ1n) is 13.7. The van der Waals surface area contributed by atoms with E-state index in [2.05, 4.69) is 19.2 Å². The van der Waals surface area contributed by atoms with E-state index in [-0.39, 0.29) is 41.8 Å². The zero-order chi connectivity index (χ0) is 24.8. The van der Waals surface area contributed by atoms with Gasteiger partial charge in [0.2, 0.25) is 5.91 Å². The average molecular weight is 475 g/mol. The Labute approximate surface area is 205 Å². The van der Waals surface area contributed by atoms with E-state index in [1.165, 1.54) is 32.1 Å². The van der Waals surface area contributed by atoms with Crippen LogP contribution in [-0.2, 0) is 19.1 Å². The van der Waals surface area contributed by atoms with Crippen LogP contribution in [-0.4, -0.2) is 36.4 Å². The van der Waals surface area contributed by atoms with Gasteiger partial charge in [-0.25, -0.2) is 4.79 Å². The van der Waals surface area contributed by atoms with E-state index >= 15 is 0 Å². The van der Waals surface area contributed by atoms with Crippen LogP contribution in [0.4, 0.5) is 0 Å². The summed E-state index contributed by atoms with van der Waals surface area (Å²) in [6.45, 7) is 10.4. The molecule has 3 N–H and O–H groups in total. The lowest BCUT2D eigenvalue weighted by Gasteiger charge is -2.61. The van der Waals surface area contributed by atoms with Crippen LogP contribution in [0.1, 0.15) is 92.4 Å². The Balaban J connectivity index is 1.42. The van der Waals surface area contributed by atoms with Gasteiger partial charge >= 0.3 is 5.97 Å². The van der Waals surface area contributed by atoms with Crippen molar-refractivity contribution in [3.63, 3.8) is 0 Å². The highest BCUT2D eigenvalue weighted by atomic mass is 16.5. The molecule has 4 fully saturated rings. The first-order chi connectivity index (χ1) is 16.0. The first-order valence-corrected chi connectivity index (χ1v) is 13.7. The van der Waals surface area contributed by atoms with Crippen molar-refractivity contribution >= 4 is 17.7 Å². The number of nitrogens with one attached hydrogen (secondary N) is 1. The predicted octanol–water partition coefficient (Wildman–Crippen LogP) is 4.25. The molecule has 0 bridgehead atoms. The molecule has 6 heteroatoms. The second-order valence-electron chi connectivity index (χ2n) is 12.8. The minimum absolute atomic E-state index is 0.0471. The number of nitrogens with two attached hydrogens (primary N) is 1. The van der Waals surface area contributed by atoms with Crippen molar-refractivity contribution in [3.05, 3.63) is 0 Å². The molecular formula is C28H46N2O4. The van der Waals surface area contributed by atoms with Gasteiger partial charge in [0.25, 0.3) is 0 Å². The Kier molecular flexibility index (Phi) is 7.21. The molecule has 0 aromatic heterocycles. The highest BCUT2D eigenvalue weighted by molar-refractivity contribution is 5.85. The number of amides is 1. The molecule has 6 nitrogen and oxygen atoms in total. The first kappa shape index (κ1) is 25.7. The number of carbonyl (C=O) groups excluding carboxylic acids is 3. The minimum atomic E-state index is -0.646. The monoisotopic (exact) mass is 474 g/mol. The fourth-order valence-electron chi connectivity index (χ4n) is 8.96. The molecule has 0 unspecified atom stereocenters. The topological polar surface area (TPSA) is 98.5 Å². The lowest BCUT2D eigenvalue weighted by Crippen LogP contribution is -2.55. The molecule has 0 aromatic carbocycles. The van der Waals surface area contributed by atoms with Crippen LogP contribution in [0.3, 0.4) is 0 Å². The molecule has 0 aliphatic heterocycles. The molecule has 34 heavy (non-hydrogen) atoms. The minimum Gasteiger partial charge on any atom is -0.461 e. The van der Waals surface area contributed by atoms with Crippen molar-refractivity contribution in [1.29, 1.82) is 0 Å². The number of Topliss-reactive ketones (excluding diaryl/α,β-unsaturated/α-hetero) is 1. The van der Waals surface area contributed by atoms with Crippen LogP contribution in [0, 0.1) is 46.3 Å². The maximum atomic E-state index is 12.9. The summed E-state index contributed by atoms with van der Waals surface area (Å²) in [5.41, 5.74) is 5.92. The quantitative estimate of drug-likeness (QED) is 0.561. The number of hydrogen-bond donors (Lipinski definition) is 2. The number of rotatable bonds is 6. The largest absolute Gasteiger partial charge is 0.461 e. The van der Waals surface area contributed by atoms with Crippen LogP contribution in [0.25, 0.3) is 0 Å². The zero-order valence-corrected chi connectivity index (χ0v) is 21.9. The lowest BCUT2D eigenvalue weighted by molar-refractivity contribution is -0.166. The molecular weight excluding hydrogens is 428 g/mol. The van der Waals surface area contributed by atoms with E-state index in [9.17, 15) is 14.4 Å². The summed E-state index contributed by atoms with van der Waals surface area (Å²) in [6.07, 6.45) is 10.0. The fraction of sp³-hybridized carbons (Fsp3) is 0.893. The van der Waals surface area contributed by atoms with Crippen LogP contribution in [0.5, 0.6) is 0 Å². The third-order valence-electron chi connectivity index (χ3n) is 10.8. The van der Waals surface area contributed by atoms with Gasteiger partial charge < -0.3 is 15.8 Å². The van der Waals surface area contributed by atoms with E-state index < -0.39 is 6.04 Å². The number of fused-ring (bicyclic) bond motifs is 5. The van der Waals surface area contributed by atoms with Crippen molar-refractivity contribution in [3.8, 4) is 0 Å². The molecule has 0 heterocycles. The molecule has 0 saturated heterocycles. The average Bonchev–Trinajstić information content (AvgIpc) is 3.14. The van der Waals surface area contributed by atoms with Crippen LogP contribution in [0.2, 0.25) is 0 Å². The summed E-state index contributed by atoms with van der Waals surface area (Å²) in [4.78, 5) is 37.1. The van der Waals surface area contributed by atoms with Gasteiger partial charge in [0, 0.05) is 5.92 Å². The highest BCUT2D eigenvalue weighted by Crippen LogP contribution is 2.67. The molecule has 0 spiro atoms. The molecule has 9 atom stereocenters. The van der Waals surface area contributed by atoms with Crippen molar-refractivity contribution in [2.75, 3.05) is 6.54 Å². The van der Waals surface area contributed by atoms with Crippen molar-refractivity contribution < 1.29 is 19.1 Å². The third-order valence-corrected chi connectivity index (χ3v) is 10.8. The maximum absolute atomic E-state index is 12.9. The standard InChI is InChI=1S/C28H46N2O4/c1-16(2)25(30-24(32)15-29)26(33)34-19-10-12-27(4)18(14-19)6-7-20-22-9-8-21(17(3)31)28(22,5)13-11-23(20)27/h16,18-23,25H,6-15,29H2,1-5H3,(H,30,32)/t18-,19+,20-,21+,22-,23-,25+,27-,28+/m0/s1. The van der Waals surface area contributed by atoms with Gasteiger partial charge in [0.05, 0.1) is 6.54 Å². The summed E-state index contributed by atoms with van der Waals surface area (Å²) < 4.78 is 5.98. The van der Waals surface area contributed by atoms with Gasteiger partial charge in [-0.3, -0.25) is 9.59 Å². The summed E-state index contributed by atoms with van der Waals surface area (Å²) in [5, 5.41) is 2.73. The van der Waals surface area contributed by atoms with E-state index in [4.69, 9.17) is 10.5 Å². The third kappa shape index (κ3) is 4.33. The lowest BCUT2D eigenvalue weighted by atomic mass is 9.44. The normalized spacial score (nSPS) is 42.2. The number of esters is 1. The highest BCUT2D eigenvalue weighted by Gasteiger charge is 2.61. The Bertz CT molecular complexity index is 812. The molecule has 0 radical (unpaired) electrons. The predicted molar refractivity (Wildman–Crippen MR) is 132 cm³/mol. The number of ether oxygens (including phenoxy) is 1. The Hall–Kier alpha value is -1.43. The number of ketones is 1. The van der Waals surface area contributed by atoms with Crippen molar-refractivity contribution in [2.45, 2.75) is 105 Å². The smallest absolute Gasteiger partial charge is 0.329 e. The summed E-state index contributed by atoms with van der Waals surface area (Å²) in [6, 6.07) is -0.646. The van der Waals surface area contributed by atoms with Crippen LogP contribution >= 0.6 is 0 Å². The van der Waals surface area contributed by atoms with E-state index in [1.807, 2.05) is 13.8 Å². The van der Waals surface area contributed by atoms with Crippen LogP contribution < -0.4 is 11.1 Å². The maximum Gasteiger partial charge on any atom is 0.329 e. The van der Waals surface area contributed by atoms with E-state index in [1.54, 1.807) is 6.92 Å². The molecule has 4 aliphatic rings. The second kappa shape index (κ2) is 9.55. The molecule has 4 aliphatic carbocycles. The van der Waals surface area contributed by atoms with Gasteiger partial charge in [-0.1, -0.05) is 27.7 Å². The van der Waals surface area contributed by atoms with Crippen LogP contribution in [0.15, 0.2) is 0 Å². The fourth-order valence-corrected chi connectivity index (χ4v) is 8.96.